The summed E-state index contributed by atoms with van der Waals surface area (Å²) in [7, 11) is 1.21. The third-order valence-electron chi connectivity index (χ3n) is 1.83. The Kier molecular flexibility index (Phi) is 2.90. The van der Waals surface area contributed by atoms with Crippen LogP contribution in [0.2, 0.25) is 0 Å². The summed E-state index contributed by atoms with van der Waals surface area (Å²) < 4.78 is 14.8. The Morgan fingerprint density at radius 2 is 2.31 bits per heavy atom. The van der Waals surface area contributed by atoms with E-state index in [1.165, 1.54) is 7.11 Å². The van der Waals surface area contributed by atoms with E-state index in [1.807, 2.05) is 0 Å². The molecule has 1 aliphatic rings. The monoisotopic (exact) mass is 190 g/mol. The van der Waals surface area contributed by atoms with E-state index in [-0.39, 0.29) is 6.61 Å². The molecule has 5 nitrogen and oxygen atoms in total. The Morgan fingerprint density at radius 1 is 1.69 bits per heavy atom. The van der Waals surface area contributed by atoms with Crippen molar-refractivity contribution < 1.29 is 24.1 Å². The van der Waals surface area contributed by atoms with E-state index in [1.54, 1.807) is 13.8 Å². The number of methoxy groups -OCH3 is 1. The van der Waals surface area contributed by atoms with Crippen LogP contribution in [0.1, 0.15) is 13.8 Å². The molecule has 0 radical (unpaired) electrons. The molecule has 0 aromatic rings. The minimum Gasteiger partial charge on any atom is -0.467 e. The van der Waals surface area contributed by atoms with Gasteiger partial charge >= 0.3 is 5.97 Å². The molecule has 76 valence electrons. The van der Waals surface area contributed by atoms with Crippen LogP contribution in [-0.2, 0) is 19.0 Å². The van der Waals surface area contributed by atoms with Gasteiger partial charge in [-0.05, 0) is 13.8 Å². The lowest BCUT2D eigenvalue weighted by Crippen LogP contribution is -2.37. The van der Waals surface area contributed by atoms with Gasteiger partial charge in [0.1, 0.15) is 6.10 Å². The molecule has 1 fully saturated rings. The van der Waals surface area contributed by atoms with Gasteiger partial charge < -0.3 is 19.3 Å². The maximum Gasteiger partial charge on any atom is 0.337 e. The predicted octanol–water partition coefficient (Wildman–Crippen LogP) is -0.328. The van der Waals surface area contributed by atoms with Crippen LogP contribution in [0.15, 0.2) is 0 Å². The van der Waals surface area contributed by atoms with Crippen LogP contribution < -0.4 is 0 Å². The molecular formula is C8H14O5. The highest BCUT2D eigenvalue weighted by Gasteiger charge is 2.39. The maximum atomic E-state index is 10.9. The average molecular weight is 190 g/mol. The van der Waals surface area contributed by atoms with Crippen LogP contribution in [0.4, 0.5) is 0 Å². The number of carbonyl (C=O) groups excluding carboxylic acids is 1. The first-order valence-corrected chi connectivity index (χ1v) is 4.04. The molecule has 0 aromatic heterocycles. The molecule has 0 aromatic carbocycles. The first-order valence-electron chi connectivity index (χ1n) is 4.04. The van der Waals surface area contributed by atoms with Crippen molar-refractivity contribution in [2.75, 3.05) is 13.7 Å². The van der Waals surface area contributed by atoms with Crippen LogP contribution in [0, 0.1) is 0 Å². The smallest absolute Gasteiger partial charge is 0.337 e. The lowest BCUT2D eigenvalue weighted by molar-refractivity contribution is -0.170. The van der Waals surface area contributed by atoms with E-state index < -0.39 is 24.0 Å². The second-order valence-electron chi connectivity index (χ2n) is 3.34. The summed E-state index contributed by atoms with van der Waals surface area (Å²) in [5, 5.41) is 9.37. The van der Waals surface area contributed by atoms with Gasteiger partial charge in [-0.3, -0.25) is 0 Å². The number of hydrogen-bond acceptors (Lipinski definition) is 5. The molecule has 1 saturated heterocycles. The van der Waals surface area contributed by atoms with Crippen LogP contribution >= 0.6 is 0 Å². The lowest BCUT2D eigenvalue weighted by atomic mass is 10.2. The van der Waals surface area contributed by atoms with Gasteiger partial charge in [0.05, 0.1) is 13.7 Å². The fourth-order valence-corrected chi connectivity index (χ4v) is 1.14. The molecule has 0 saturated carbocycles. The summed E-state index contributed by atoms with van der Waals surface area (Å²) in [6, 6.07) is 0. The molecule has 2 atom stereocenters. The van der Waals surface area contributed by atoms with Gasteiger partial charge in [0.15, 0.2) is 11.9 Å². The van der Waals surface area contributed by atoms with Crippen molar-refractivity contribution in [2.45, 2.75) is 31.8 Å². The summed E-state index contributed by atoms with van der Waals surface area (Å²) in [6.07, 6.45) is -1.91. The molecule has 13 heavy (non-hydrogen) atoms. The van der Waals surface area contributed by atoms with E-state index in [0.29, 0.717) is 0 Å². The Bertz CT molecular complexity index is 201. The molecule has 1 rings (SSSR count). The van der Waals surface area contributed by atoms with Crippen molar-refractivity contribution in [1.82, 2.24) is 0 Å². The van der Waals surface area contributed by atoms with Crippen LogP contribution in [0.5, 0.6) is 0 Å². The van der Waals surface area contributed by atoms with E-state index in [9.17, 15) is 9.90 Å². The average Bonchev–Trinajstić information content (AvgIpc) is 2.43. The fourth-order valence-electron chi connectivity index (χ4n) is 1.14. The number of ether oxygens (including phenoxy) is 3. The van der Waals surface area contributed by atoms with E-state index in [0.717, 1.165) is 0 Å². The molecule has 0 amide bonds. The maximum absolute atomic E-state index is 10.9. The standard InChI is InChI=1S/C8H14O5/c1-8(2)12-4-5(13-8)6(9)7(10)11-3/h5-6,9H,4H2,1-3H3/t5-,6-/m0/s1. The van der Waals surface area contributed by atoms with Crippen molar-refractivity contribution in [3.05, 3.63) is 0 Å². The Morgan fingerprint density at radius 3 is 2.69 bits per heavy atom. The highest BCUT2D eigenvalue weighted by Crippen LogP contribution is 2.24. The molecule has 0 spiro atoms. The predicted molar refractivity (Wildman–Crippen MR) is 42.9 cm³/mol. The van der Waals surface area contributed by atoms with Crippen molar-refractivity contribution in [3.63, 3.8) is 0 Å². The minimum atomic E-state index is -1.27. The van der Waals surface area contributed by atoms with Gasteiger partial charge in [-0.1, -0.05) is 0 Å². The SMILES string of the molecule is COC(=O)[C@@H](O)[C@@H]1COC(C)(C)O1. The molecule has 0 bridgehead atoms. The Balaban J connectivity index is 2.51. The van der Waals surface area contributed by atoms with E-state index in [4.69, 9.17) is 9.47 Å². The highest BCUT2D eigenvalue weighted by atomic mass is 16.7. The molecule has 1 aliphatic heterocycles. The third-order valence-corrected chi connectivity index (χ3v) is 1.83. The zero-order valence-electron chi connectivity index (χ0n) is 7.94. The summed E-state index contributed by atoms with van der Waals surface area (Å²) in [4.78, 5) is 10.9. The summed E-state index contributed by atoms with van der Waals surface area (Å²) >= 11 is 0. The fraction of sp³-hybridized carbons (Fsp3) is 0.875. The van der Waals surface area contributed by atoms with Crippen molar-refractivity contribution in [2.24, 2.45) is 0 Å². The zero-order valence-corrected chi connectivity index (χ0v) is 7.94. The van der Waals surface area contributed by atoms with Crippen molar-refractivity contribution in [3.8, 4) is 0 Å². The highest BCUT2D eigenvalue weighted by molar-refractivity contribution is 5.75. The van der Waals surface area contributed by atoms with Gasteiger partial charge in [0.2, 0.25) is 0 Å². The number of hydrogen-bond donors (Lipinski definition) is 1. The van der Waals surface area contributed by atoms with Gasteiger partial charge in [-0.15, -0.1) is 0 Å². The first kappa shape index (κ1) is 10.4. The summed E-state index contributed by atoms with van der Waals surface area (Å²) in [5.74, 6) is -1.44. The van der Waals surface area contributed by atoms with Gasteiger partial charge in [-0.25, -0.2) is 4.79 Å². The Hall–Kier alpha value is -0.650. The van der Waals surface area contributed by atoms with Gasteiger partial charge in [-0.2, -0.15) is 0 Å². The number of esters is 1. The van der Waals surface area contributed by atoms with Crippen molar-refractivity contribution in [1.29, 1.82) is 0 Å². The minimum absolute atomic E-state index is 0.198. The molecule has 1 N–H and O–H groups in total. The second-order valence-corrected chi connectivity index (χ2v) is 3.34. The molecule has 0 unspecified atom stereocenters. The topological polar surface area (TPSA) is 65.0 Å². The van der Waals surface area contributed by atoms with Crippen LogP contribution in [-0.4, -0.2) is 42.8 Å². The lowest BCUT2D eigenvalue weighted by Gasteiger charge is -2.18. The van der Waals surface area contributed by atoms with E-state index >= 15 is 0 Å². The summed E-state index contributed by atoms with van der Waals surface area (Å²) in [5.41, 5.74) is 0. The third kappa shape index (κ3) is 2.40. The number of carbonyl (C=O) groups is 1. The van der Waals surface area contributed by atoms with Gasteiger partial charge in [0, 0.05) is 0 Å². The first-order chi connectivity index (χ1) is 5.96. The van der Waals surface area contributed by atoms with Crippen LogP contribution in [0.25, 0.3) is 0 Å². The van der Waals surface area contributed by atoms with Crippen molar-refractivity contribution >= 4 is 5.97 Å². The van der Waals surface area contributed by atoms with E-state index in [2.05, 4.69) is 4.74 Å². The normalized spacial score (nSPS) is 28.5. The number of aliphatic hydroxyl groups excluding tert-OH is 1. The second kappa shape index (κ2) is 3.61. The summed E-state index contributed by atoms with van der Waals surface area (Å²) in [6.45, 7) is 3.64. The molecular weight excluding hydrogens is 176 g/mol. The quantitative estimate of drug-likeness (QED) is 0.604. The van der Waals surface area contributed by atoms with Gasteiger partial charge in [0.25, 0.3) is 0 Å². The molecule has 1 heterocycles. The Labute approximate surface area is 76.6 Å². The zero-order chi connectivity index (χ0) is 10.1. The number of aliphatic hydroxyl groups is 1. The molecule has 5 heteroatoms. The van der Waals surface area contributed by atoms with Crippen LogP contribution in [0.3, 0.4) is 0 Å². The number of rotatable bonds is 2. The largest absolute Gasteiger partial charge is 0.467 e. The molecule has 0 aliphatic carbocycles.